The molecular formula is C13H16N4O3. The number of nitro groups is 1. The van der Waals surface area contributed by atoms with Crippen LogP contribution >= 0.6 is 0 Å². The van der Waals surface area contributed by atoms with Crippen molar-refractivity contribution >= 4 is 22.5 Å². The summed E-state index contributed by atoms with van der Waals surface area (Å²) in [5.41, 5.74) is 0.398. The van der Waals surface area contributed by atoms with Gasteiger partial charge in [0.1, 0.15) is 6.54 Å². The summed E-state index contributed by atoms with van der Waals surface area (Å²) >= 11 is 0. The summed E-state index contributed by atoms with van der Waals surface area (Å²) in [4.78, 5) is 22.1. The normalized spacial score (nSPS) is 11.6. The number of amides is 1. The lowest BCUT2D eigenvalue weighted by Gasteiger charge is -2.20. The van der Waals surface area contributed by atoms with Crippen molar-refractivity contribution in [2.45, 2.75) is 32.9 Å². The minimum atomic E-state index is -0.455. The molecular weight excluding hydrogens is 260 g/mol. The molecule has 0 saturated heterocycles. The third-order valence-electron chi connectivity index (χ3n) is 2.64. The van der Waals surface area contributed by atoms with Crippen LogP contribution in [0.2, 0.25) is 0 Å². The Balaban J connectivity index is 2.24. The van der Waals surface area contributed by atoms with Gasteiger partial charge in [-0.3, -0.25) is 19.6 Å². The zero-order valence-electron chi connectivity index (χ0n) is 11.6. The van der Waals surface area contributed by atoms with Gasteiger partial charge in [0.15, 0.2) is 0 Å². The lowest BCUT2D eigenvalue weighted by molar-refractivity contribution is -0.384. The molecule has 0 atom stereocenters. The van der Waals surface area contributed by atoms with Crippen LogP contribution in [0.25, 0.3) is 10.9 Å². The van der Waals surface area contributed by atoms with Gasteiger partial charge in [-0.25, -0.2) is 0 Å². The first-order chi connectivity index (χ1) is 9.26. The molecule has 20 heavy (non-hydrogen) atoms. The second kappa shape index (κ2) is 4.92. The number of nitrogens with one attached hydrogen (secondary N) is 1. The van der Waals surface area contributed by atoms with E-state index in [1.807, 2.05) is 20.8 Å². The largest absolute Gasteiger partial charge is 0.350 e. The highest BCUT2D eigenvalue weighted by Crippen LogP contribution is 2.20. The van der Waals surface area contributed by atoms with Gasteiger partial charge in [-0.15, -0.1) is 0 Å². The zero-order valence-corrected chi connectivity index (χ0v) is 11.6. The molecule has 1 aromatic heterocycles. The van der Waals surface area contributed by atoms with Gasteiger partial charge in [0, 0.05) is 23.1 Å². The second-order valence-corrected chi connectivity index (χ2v) is 5.60. The molecule has 0 aliphatic carbocycles. The molecule has 0 aliphatic rings. The van der Waals surface area contributed by atoms with Gasteiger partial charge in [0.25, 0.3) is 5.69 Å². The third-order valence-corrected chi connectivity index (χ3v) is 2.64. The van der Waals surface area contributed by atoms with Crippen molar-refractivity contribution < 1.29 is 9.72 Å². The number of rotatable bonds is 3. The predicted molar refractivity (Wildman–Crippen MR) is 74.3 cm³/mol. The Morgan fingerprint density at radius 1 is 1.45 bits per heavy atom. The molecule has 1 aromatic carbocycles. The van der Waals surface area contributed by atoms with E-state index in [2.05, 4.69) is 10.4 Å². The van der Waals surface area contributed by atoms with Crippen LogP contribution in [0.1, 0.15) is 20.8 Å². The van der Waals surface area contributed by atoms with Crippen LogP contribution in [-0.2, 0) is 11.3 Å². The molecule has 0 spiro atoms. The molecule has 0 fully saturated rings. The van der Waals surface area contributed by atoms with Crippen LogP contribution in [0.4, 0.5) is 5.69 Å². The average Bonchev–Trinajstić information content (AvgIpc) is 2.69. The number of carbonyl (C=O) groups is 1. The smallest absolute Gasteiger partial charge is 0.270 e. The maximum absolute atomic E-state index is 11.9. The first kappa shape index (κ1) is 14.0. The summed E-state index contributed by atoms with van der Waals surface area (Å²) in [7, 11) is 0. The van der Waals surface area contributed by atoms with Crippen LogP contribution in [0.5, 0.6) is 0 Å². The van der Waals surface area contributed by atoms with E-state index in [0.29, 0.717) is 10.9 Å². The summed E-state index contributed by atoms with van der Waals surface area (Å²) in [6, 6.07) is 4.45. The monoisotopic (exact) mass is 276 g/mol. The second-order valence-electron chi connectivity index (χ2n) is 5.60. The quantitative estimate of drug-likeness (QED) is 0.684. The van der Waals surface area contributed by atoms with Gasteiger partial charge in [-0.2, -0.15) is 5.10 Å². The molecule has 7 nitrogen and oxygen atoms in total. The van der Waals surface area contributed by atoms with Crippen LogP contribution < -0.4 is 5.32 Å². The average molecular weight is 276 g/mol. The highest BCUT2D eigenvalue weighted by Gasteiger charge is 2.16. The Bertz CT molecular complexity index is 670. The fourth-order valence-corrected chi connectivity index (χ4v) is 1.91. The van der Waals surface area contributed by atoms with Crippen molar-refractivity contribution in [1.82, 2.24) is 15.1 Å². The zero-order chi connectivity index (χ0) is 14.9. The number of carbonyl (C=O) groups excluding carboxylic acids is 1. The number of hydrogen-bond acceptors (Lipinski definition) is 4. The fraction of sp³-hybridized carbons (Fsp3) is 0.385. The molecule has 0 saturated carbocycles. The maximum atomic E-state index is 11.9. The number of benzene rings is 1. The Morgan fingerprint density at radius 2 is 2.15 bits per heavy atom. The van der Waals surface area contributed by atoms with Crippen molar-refractivity contribution in [3.05, 3.63) is 34.5 Å². The fourth-order valence-electron chi connectivity index (χ4n) is 1.91. The maximum Gasteiger partial charge on any atom is 0.270 e. The van der Waals surface area contributed by atoms with Gasteiger partial charge < -0.3 is 5.32 Å². The van der Waals surface area contributed by atoms with E-state index in [9.17, 15) is 14.9 Å². The number of nitro benzene ring substituents is 1. The van der Waals surface area contributed by atoms with E-state index in [0.717, 1.165) is 0 Å². The van der Waals surface area contributed by atoms with E-state index < -0.39 is 4.92 Å². The van der Waals surface area contributed by atoms with Crippen molar-refractivity contribution in [2.75, 3.05) is 0 Å². The van der Waals surface area contributed by atoms with Crippen molar-refractivity contribution in [2.24, 2.45) is 0 Å². The molecule has 1 amide bonds. The summed E-state index contributed by atoms with van der Waals surface area (Å²) in [6.07, 6.45) is 1.52. The summed E-state index contributed by atoms with van der Waals surface area (Å²) < 4.78 is 1.53. The van der Waals surface area contributed by atoms with Crippen LogP contribution in [0.15, 0.2) is 24.4 Å². The van der Waals surface area contributed by atoms with E-state index >= 15 is 0 Å². The first-order valence-corrected chi connectivity index (χ1v) is 6.17. The third kappa shape index (κ3) is 3.11. The Hall–Kier alpha value is -2.44. The lowest BCUT2D eigenvalue weighted by Crippen LogP contribution is -2.42. The molecule has 2 rings (SSSR count). The molecule has 1 N–H and O–H groups in total. The van der Waals surface area contributed by atoms with E-state index in [1.165, 1.54) is 23.0 Å². The molecule has 7 heteroatoms. The highest BCUT2D eigenvalue weighted by atomic mass is 16.6. The Kier molecular flexibility index (Phi) is 3.44. The van der Waals surface area contributed by atoms with Crippen LogP contribution in [0, 0.1) is 10.1 Å². The van der Waals surface area contributed by atoms with Gasteiger partial charge >= 0.3 is 0 Å². The first-order valence-electron chi connectivity index (χ1n) is 6.17. The molecule has 0 aliphatic heterocycles. The van der Waals surface area contributed by atoms with Gasteiger partial charge in [-0.1, -0.05) is 0 Å². The van der Waals surface area contributed by atoms with E-state index in [-0.39, 0.29) is 23.7 Å². The minimum Gasteiger partial charge on any atom is -0.350 e. The lowest BCUT2D eigenvalue weighted by atomic mass is 10.1. The Labute approximate surface area is 115 Å². The van der Waals surface area contributed by atoms with Gasteiger partial charge in [-0.05, 0) is 26.8 Å². The molecule has 0 bridgehead atoms. The van der Waals surface area contributed by atoms with Gasteiger partial charge in [0.2, 0.25) is 5.91 Å². The summed E-state index contributed by atoms with van der Waals surface area (Å²) in [6.45, 7) is 5.78. The highest BCUT2D eigenvalue weighted by molar-refractivity contribution is 5.83. The van der Waals surface area contributed by atoms with Gasteiger partial charge in [0.05, 0.1) is 16.6 Å². The predicted octanol–water partition coefficient (Wildman–Crippen LogP) is 1.86. The van der Waals surface area contributed by atoms with Crippen molar-refractivity contribution in [3.63, 3.8) is 0 Å². The number of nitrogens with zero attached hydrogens (tertiary/aromatic N) is 3. The topological polar surface area (TPSA) is 90.1 Å². The number of aromatic nitrogens is 2. The summed E-state index contributed by atoms with van der Waals surface area (Å²) in [5.74, 6) is -0.152. The molecule has 1 heterocycles. The standard InChI is InChI=1S/C13H16N4O3/c1-13(2,3)15-12(18)8-16-11-5-4-10(17(19)20)6-9(11)7-14-16/h4-7H,8H2,1-3H3,(H,15,18). The van der Waals surface area contributed by atoms with Crippen molar-refractivity contribution in [3.8, 4) is 0 Å². The van der Waals surface area contributed by atoms with E-state index in [4.69, 9.17) is 0 Å². The number of hydrogen-bond donors (Lipinski definition) is 1. The summed E-state index contributed by atoms with van der Waals surface area (Å²) in [5, 5.41) is 18.3. The number of non-ortho nitro benzene ring substituents is 1. The molecule has 0 unspecified atom stereocenters. The Morgan fingerprint density at radius 3 is 2.75 bits per heavy atom. The number of fused-ring (bicyclic) bond motifs is 1. The molecule has 2 aromatic rings. The SMILES string of the molecule is CC(C)(C)NC(=O)Cn1ncc2cc([N+](=O)[O-])ccc21. The molecule has 106 valence electrons. The molecule has 0 radical (unpaired) electrons. The minimum absolute atomic E-state index is 0.0104. The van der Waals surface area contributed by atoms with E-state index in [1.54, 1.807) is 6.07 Å². The van der Waals surface area contributed by atoms with Crippen LogP contribution in [0.3, 0.4) is 0 Å². The van der Waals surface area contributed by atoms with Crippen molar-refractivity contribution in [1.29, 1.82) is 0 Å². The van der Waals surface area contributed by atoms with Crippen LogP contribution in [-0.4, -0.2) is 26.1 Å².